The molecule has 3 aromatic rings. The Morgan fingerprint density at radius 2 is 2.04 bits per heavy atom. The molecule has 1 aliphatic heterocycles. The van der Waals surface area contributed by atoms with Crippen molar-refractivity contribution in [1.82, 2.24) is 20.1 Å². The van der Waals surface area contributed by atoms with Gasteiger partial charge in [-0.25, -0.2) is 4.79 Å². The van der Waals surface area contributed by atoms with Gasteiger partial charge in [-0.05, 0) is 37.0 Å². The largest absolute Gasteiger partial charge is 0.427 e. The van der Waals surface area contributed by atoms with Crippen molar-refractivity contribution < 1.29 is 9.21 Å². The van der Waals surface area contributed by atoms with Crippen molar-refractivity contribution in [3.8, 4) is 0 Å². The SMILES string of the molecule is Cc1cc(CCc2ccccc2)oc(=O)c1C(=O)NCc1nnc2n1CCC2. The Morgan fingerprint density at radius 3 is 2.82 bits per heavy atom. The molecular weight excluding hydrogens is 356 g/mol. The highest BCUT2D eigenvalue weighted by Gasteiger charge is 2.20. The maximum absolute atomic E-state index is 12.5. The zero-order valence-electron chi connectivity index (χ0n) is 15.8. The smallest absolute Gasteiger partial charge is 0.349 e. The number of aromatic nitrogens is 3. The molecule has 0 saturated carbocycles. The molecule has 2 aromatic heterocycles. The van der Waals surface area contributed by atoms with Gasteiger partial charge in [0.1, 0.15) is 17.1 Å². The van der Waals surface area contributed by atoms with Gasteiger partial charge >= 0.3 is 5.63 Å². The number of fused-ring (bicyclic) bond motifs is 1. The Balaban J connectivity index is 1.43. The monoisotopic (exact) mass is 378 g/mol. The standard InChI is InChI=1S/C21H22N4O3/c1-14-12-16(10-9-15-6-3-2-4-7-15)28-21(27)19(14)20(26)22-13-18-24-23-17-8-5-11-25(17)18/h2-4,6-7,12H,5,8-11,13H2,1H3,(H,22,26). The van der Waals surface area contributed by atoms with E-state index in [0.29, 0.717) is 23.6 Å². The molecule has 4 rings (SSSR count). The van der Waals surface area contributed by atoms with Gasteiger partial charge in [0, 0.05) is 19.4 Å². The molecule has 0 spiro atoms. The molecule has 0 atom stereocenters. The molecule has 144 valence electrons. The molecule has 7 nitrogen and oxygen atoms in total. The van der Waals surface area contributed by atoms with Crippen molar-refractivity contribution in [3.05, 3.63) is 80.9 Å². The van der Waals surface area contributed by atoms with Crippen LogP contribution in [0.15, 0.2) is 45.6 Å². The van der Waals surface area contributed by atoms with Crippen molar-refractivity contribution in [2.24, 2.45) is 0 Å². The van der Waals surface area contributed by atoms with Gasteiger partial charge < -0.3 is 14.3 Å². The fraction of sp³-hybridized carbons (Fsp3) is 0.333. The molecule has 0 radical (unpaired) electrons. The minimum Gasteiger partial charge on any atom is -0.427 e. The fourth-order valence-corrected chi connectivity index (χ4v) is 3.57. The third-order valence-corrected chi connectivity index (χ3v) is 5.02. The number of amides is 1. The lowest BCUT2D eigenvalue weighted by atomic mass is 10.1. The lowest BCUT2D eigenvalue weighted by Crippen LogP contribution is -2.30. The Morgan fingerprint density at radius 1 is 1.21 bits per heavy atom. The molecular formula is C21H22N4O3. The summed E-state index contributed by atoms with van der Waals surface area (Å²) in [6, 6.07) is 11.8. The van der Waals surface area contributed by atoms with Crippen molar-refractivity contribution in [1.29, 1.82) is 0 Å². The molecule has 1 aromatic carbocycles. The highest BCUT2D eigenvalue weighted by atomic mass is 16.4. The molecule has 0 unspecified atom stereocenters. The molecule has 1 N–H and O–H groups in total. The zero-order valence-corrected chi connectivity index (χ0v) is 15.8. The minimum atomic E-state index is -0.605. The maximum Gasteiger partial charge on any atom is 0.349 e. The van der Waals surface area contributed by atoms with Gasteiger partial charge in [0.25, 0.3) is 5.91 Å². The number of carbonyl (C=O) groups is 1. The molecule has 1 amide bonds. The minimum absolute atomic E-state index is 0.0459. The molecule has 1 aliphatic rings. The Bertz CT molecular complexity index is 1050. The van der Waals surface area contributed by atoms with E-state index in [1.165, 1.54) is 5.56 Å². The van der Waals surface area contributed by atoms with Crippen molar-refractivity contribution >= 4 is 5.91 Å². The lowest BCUT2D eigenvalue weighted by Gasteiger charge is -2.08. The summed E-state index contributed by atoms with van der Waals surface area (Å²) in [6.07, 6.45) is 3.33. The lowest BCUT2D eigenvalue weighted by molar-refractivity contribution is 0.0944. The first kappa shape index (κ1) is 18.2. The van der Waals surface area contributed by atoms with Crippen LogP contribution in [0.1, 0.15) is 45.3 Å². The molecule has 3 heterocycles. The van der Waals surface area contributed by atoms with E-state index >= 15 is 0 Å². The van der Waals surface area contributed by atoms with E-state index in [2.05, 4.69) is 15.5 Å². The van der Waals surface area contributed by atoms with Crippen LogP contribution in [0, 0.1) is 6.92 Å². The second kappa shape index (κ2) is 7.80. The van der Waals surface area contributed by atoms with E-state index in [4.69, 9.17) is 4.42 Å². The average molecular weight is 378 g/mol. The number of carbonyl (C=O) groups excluding carboxylic acids is 1. The number of nitrogens with one attached hydrogen (secondary N) is 1. The van der Waals surface area contributed by atoms with Crippen molar-refractivity contribution in [2.45, 2.75) is 45.7 Å². The first-order valence-corrected chi connectivity index (χ1v) is 9.48. The Labute approximate surface area is 162 Å². The highest BCUT2D eigenvalue weighted by molar-refractivity contribution is 5.95. The quantitative estimate of drug-likeness (QED) is 0.710. The van der Waals surface area contributed by atoms with E-state index in [0.717, 1.165) is 31.6 Å². The topological polar surface area (TPSA) is 90.0 Å². The second-order valence-corrected chi connectivity index (χ2v) is 7.01. The van der Waals surface area contributed by atoms with E-state index in [1.54, 1.807) is 13.0 Å². The number of benzene rings is 1. The van der Waals surface area contributed by atoms with Crippen LogP contribution in [0.5, 0.6) is 0 Å². The van der Waals surface area contributed by atoms with Crippen LogP contribution >= 0.6 is 0 Å². The number of hydrogen-bond donors (Lipinski definition) is 1. The van der Waals surface area contributed by atoms with E-state index in [-0.39, 0.29) is 12.1 Å². The van der Waals surface area contributed by atoms with Gasteiger partial charge in [-0.3, -0.25) is 4.79 Å². The molecule has 28 heavy (non-hydrogen) atoms. The van der Waals surface area contributed by atoms with E-state index in [1.807, 2.05) is 34.9 Å². The van der Waals surface area contributed by atoms with Crippen LogP contribution in [0.25, 0.3) is 0 Å². The number of rotatable bonds is 6. The first-order valence-electron chi connectivity index (χ1n) is 9.48. The fourth-order valence-electron chi connectivity index (χ4n) is 3.57. The van der Waals surface area contributed by atoms with Crippen LogP contribution in [-0.4, -0.2) is 20.7 Å². The summed E-state index contributed by atoms with van der Waals surface area (Å²) in [7, 11) is 0. The first-order chi connectivity index (χ1) is 13.6. The Hall–Kier alpha value is -3.22. The maximum atomic E-state index is 12.5. The predicted octanol–water partition coefficient (Wildman–Crippen LogP) is 2.20. The van der Waals surface area contributed by atoms with Crippen molar-refractivity contribution in [3.63, 3.8) is 0 Å². The van der Waals surface area contributed by atoms with Crippen molar-refractivity contribution in [2.75, 3.05) is 0 Å². The van der Waals surface area contributed by atoms with Crippen LogP contribution in [0.4, 0.5) is 0 Å². The number of hydrogen-bond acceptors (Lipinski definition) is 5. The highest BCUT2D eigenvalue weighted by Crippen LogP contribution is 2.14. The summed E-state index contributed by atoms with van der Waals surface area (Å²) in [4.78, 5) is 24.9. The number of nitrogens with zero attached hydrogens (tertiary/aromatic N) is 3. The third-order valence-electron chi connectivity index (χ3n) is 5.02. The molecule has 7 heteroatoms. The van der Waals surface area contributed by atoms with Crippen LogP contribution in [0.3, 0.4) is 0 Å². The molecule has 0 saturated heterocycles. The third kappa shape index (κ3) is 3.74. The van der Waals surface area contributed by atoms with Gasteiger partial charge in [-0.15, -0.1) is 10.2 Å². The summed E-state index contributed by atoms with van der Waals surface area (Å²) in [6.45, 7) is 2.86. The summed E-state index contributed by atoms with van der Waals surface area (Å²) >= 11 is 0. The predicted molar refractivity (Wildman–Crippen MR) is 103 cm³/mol. The average Bonchev–Trinajstić information content (AvgIpc) is 3.29. The van der Waals surface area contributed by atoms with Gasteiger partial charge in [-0.2, -0.15) is 0 Å². The van der Waals surface area contributed by atoms with Crippen LogP contribution < -0.4 is 10.9 Å². The zero-order chi connectivity index (χ0) is 19.5. The molecule has 0 fully saturated rings. The molecule has 0 bridgehead atoms. The van der Waals surface area contributed by atoms with Crippen LogP contribution in [0.2, 0.25) is 0 Å². The van der Waals surface area contributed by atoms with E-state index in [9.17, 15) is 9.59 Å². The number of aryl methyl sites for hydroxylation is 4. The van der Waals surface area contributed by atoms with Gasteiger partial charge in [0.2, 0.25) is 0 Å². The van der Waals surface area contributed by atoms with Gasteiger partial charge in [-0.1, -0.05) is 30.3 Å². The van der Waals surface area contributed by atoms with Crippen LogP contribution in [-0.2, 0) is 32.4 Å². The normalized spacial score (nSPS) is 12.8. The Kier molecular flexibility index (Phi) is 5.06. The van der Waals surface area contributed by atoms with Gasteiger partial charge in [0.15, 0.2) is 5.82 Å². The molecule has 0 aliphatic carbocycles. The van der Waals surface area contributed by atoms with Gasteiger partial charge in [0.05, 0.1) is 6.54 Å². The van der Waals surface area contributed by atoms with E-state index < -0.39 is 11.5 Å². The summed E-state index contributed by atoms with van der Waals surface area (Å²) in [5.41, 5.74) is 1.23. The summed E-state index contributed by atoms with van der Waals surface area (Å²) < 4.78 is 7.41. The second-order valence-electron chi connectivity index (χ2n) is 7.01. The summed E-state index contributed by atoms with van der Waals surface area (Å²) in [5, 5.41) is 11.0. The summed E-state index contributed by atoms with van der Waals surface area (Å²) in [5.74, 6) is 1.79.